The minimum absolute atomic E-state index is 0.0374. The van der Waals surface area contributed by atoms with Gasteiger partial charge in [-0.25, -0.2) is 4.79 Å². The van der Waals surface area contributed by atoms with Gasteiger partial charge in [-0.05, 0) is 55.4 Å². The number of carbonyl (C=O) groups is 2. The summed E-state index contributed by atoms with van der Waals surface area (Å²) < 4.78 is 5.49. The lowest BCUT2D eigenvalue weighted by Crippen LogP contribution is -2.48. The van der Waals surface area contributed by atoms with E-state index in [9.17, 15) is 9.59 Å². The summed E-state index contributed by atoms with van der Waals surface area (Å²) in [5.41, 5.74) is 2.83. The summed E-state index contributed by atoms with van der Waals surface area (Å²) >= 11 is 6.40. The van der Waals surface area contributed by atoms with Gasteiger partial charge >= 0.3 is 6.09 Å². The Hall–Kier alpha value is -2.53. The predicted molar refractivity (Wildman–Crippen MR) is 113 cm³/mol. The Labute approximate surface area is 176 Å². The standard InChI is InChI=1S/C23H25ClN2O3/c24-19-11-6-12-20-18(19)10-4-5-14-25(20)22(27)21-13-7-15-26(21)23(28)29-16-17-8-2-1-3-9-17/h1-3,6,8-9,11-12,21H,4-5,7,10,13-16H2/t21-/m0/s1. The molecule has 0 aromatic heterocycles. The molecule has 2 amide bonds. The summed E-state index contributed by atoms with van der Waals surface area (Å²) in [4.78, 5) is 29.6. The maximum Gasteiger partial charge on any atom is 0.410 e. The quantitative estimate of drug-likeness (QED) is 0.726. The van der Waals surface area contributed by atoms with Crippen LogP contribution in [0.4, 0.5) is 10.5 Å². The summed E-state index contributed by atoms with van der Waals surface area (Å²) in [6, 6.07) is 14.8. The summed E-state index contributed by atoms with van der Waals surface area (Å²) in [5, 5.41) is 0.702. The van der Waals surface area contributed by atoms with E-state index in [4.69, 9.17) is 16.3 Å². The monoisotopic (exact) mass is 412 g/mol. The SMILES string of the molecule is O=C([C@@H]1CCCN1C(=O)OCc1ccccc1)N1CCCCc2c(Cl)cccc21. The van der Waals surface area contributed by atoms with Crippen LogP contribution in [0.5, 0.6) is 0 Å². The Morgan fingerprint density at radius 2 is 1.83 bits per heavy atom. The van der Waals surface area contributed by atoms with Crippen molar-refractivity contribution in [1.29, 1.82) is 0 Å². The molecule has 2 aromatic carbocycles. The Balaban J connectivity index is 1.49. The average molecular weight is 413 g/mol. The van der Waals surface area contributed by atoms with Crippen LogP contribution in [0.15, 0.2) is 48.5 Å². The fourth-order valence-electron chi connectivity index (χ4n) is 4.19. The summed E-state index contributed by atoms with van der Waals surface area (Å²) in [6.45, 7) is 1.40. The summed E-state index contributed by atoms with van der Waals surface area (Å²) in [6.07, 6.45) is 3.81. The first-order valence-electron chi connectivity index (χ1n) is 10.2. The molecule has 1 atom stereocenters. The van der Waals surface area contributed by atoms with Crippen LogP contribution >= 0.6 is 11.6 Å². The van der Waals surface area contributed by atoms with Gasteiger partial charge in [0, 0.05) is 23.8 Å². The molecule has 2 aliphatic heterocycles. The van der Waals surface area contributed by atoms with Gasteiger partial charge in [0.15, 0.2) is 0 Å². The van der Waals surface area contributed by atoms with Gasteiger partial charge in [-0.2, -0.15) is 0 Å². The predicted octanol–water partition coefficient (Wildman–Crippen LogP) is 4.81. The smallest absolute Gasteiger partial charge is 0.410 e. The molecule has 1 fully saturated rings. The number of benzene rings is 2. The zero-order valence-electron chi connectivity index (χ0n) is 16.4. The van der Waals surface area contributed by atoms with E-state index in [-0.39, 0.29) is 12.5 Å². The number of fused-ring (bicyclic) bond motifs is 1. The van der Waals surface area contributed by atoms with Crippen molar-refractivity contribution in [3.63, 3.8) is 0 Å². The van der Waals surface area contributed by atoms with Crippen LogP contribution in [0, 0.1) is 0 Å². The van der Waals surface area contributed by atoms with Crippen molar-refractivity contribution in [2.45, 2.75) is 44.8 Å². The van der Waals surface area contributed by atoms with Crippen molar-refractivity contribution in [3.05, 3.63) is 64.7 Å². The molecule has 152 valence electrons. The molecule has 4 rings (SSSR count). The van der Waals surface area contributed by atoms with Gasteiger partial charge in [-0.15, -0.1) is 0 Å². The Kier molecular flexibility index (Phi) is 6.05. The second-order valence-corrected chi connectivity index (χ2v) is 7.98. The molecule has 2 aliphatic rings. The van der Waals surface area contributed by atoms with E-state index in [0.717, 1.165) is 42.5 Å². The van der Waals surface area contributed by atoms with Crippen LogP contribution in [0.3, 0.4) is 0 Å². The zero-order valence-corrected chi connectivity index (χ0v) is 17.1. The number of halogens is 1. The van der Waals surface area contributed by atoms with Gasteiger partial charge in [0.2, 0.25) is 5.91 Å². The molecule has 1 saturated heterocycles. The third-order valence-electron chi connectivity index (χ3n) is 5.69. The molecule has 0 bridgehead atoms. The zero-order chi connectivity index (χ0) is 20.2. The van der Waals surface area contributed by atoms with E-state index < -0.39 is 12.1 Å². The summed E-state index contributed by atoms with van der Waals surface area (Å²) in [5.74, 6) is -0.0374. The number of amides is 2. The van der Waals surface area contributed by atoms with Gasteiger partial charge in [-0.3, -0.25) is 9.69 Å². The highest BCUT2D eigenvalue weighted by Crippen LogP contribution is 2.33. The first kappa shape index (κ1) is 19.8. The number of carbonyl (C=O) groups excluding carboxylic acids is 2. The highest BCUT2D eigenvalue weighted by atomic mass is 35.5. The first-order valence-corrected chi connectivity index (χ1v) is 10.6. The fraction of sp³-hybridized carbons (Fsp3) is 0.391. The molecule has 0 aliphatic carbocycles. The van der Waals surface area contributed by atoms with Crippen LogP contribution in [0.1, 0.15) is 36.8 Å². The number of rotatable bonds is 3. The Morgan fingerprint density at radius 1 is 1.00 bits per heavy atom. The van der Waals surface area contributed by atoms with Gasteiger partial charge in [0.25, 0.3) is 0 Å². The molecular weight excluding hydrogens is 388 g/mol. The topological polar surface area (TPSA) is 49.9 Å². The number of ether oxygens (including phenoxy) is 1. The molecule has 0 N–H and O–H groups in total. The molecular formula is C23H25ClN2O3. The van der Waals surface area contributed by atoms with Crippen molar-refractivity contribution >= 4 is 29.3 Å². The van der Waals surface area contributed by atoms with E-state index in [1.165, 1.54) is 0 Å². The van der Waals surface area contributed by atoms with E-state index in [0.29, 0.717) is 24.5 Å². The minimum atomic E-state index is -0.483. The Bertz CT molecular complexity index is 887. The maximum atomic E-state index is 13.4. The van der Waals surface area contributed by atoms with Crippen molar-refractivity contribution in [1.82, 2.24) is 4.90 Å². The average Bonchev–Trinajstić information content (AvgIpc) is 3.13. The highest BCUT2D eigenvalue weighted by Gasteiger charge is 2.38. The van der Waals surface area contributed by atoms with Crippen LogP contribution < -0.4 is 4.90 Å². The van der Waals surface area contributed by atoms with Crippen LogP contribution in [-0.4, -0.2) is 36.0 Å². The van der Waals surface area contributed by atoms with Crippen molar-refractivity contribution < 1.29 is 14.3 Å². The van der Waals surface area contributed by atoms with Gasteiger partial charge < -0.3 is 9.64 Å². The molecule has 2 aromatic rings. The maximum absolute atomic E-state index is 13.4. The second kappa shape index (κ2) is 8.87. The molecule has 0 unspecified atom stereocenters. The first-order chi connectivity index (χ1) is 14.1. The lowest BCUT2D eigenvalue weighted by atomic mass is 10.1. The number of nitrogens with zero attached hydrogens (tertiary/aromatic N) is 2. The fourth-order valence-corrected chi connectivity index (χ4v) is 4.46. The molecule has 0 saturated carbocycles. The normalized spacial score (nSPS) is 18.9. The van der Waals surface area contributed by atoms with Crippen molar-refractivity contribution in [3.8, 4) is 0 Å². The van der Waals surface area contributed by atoms with Crippen LogP contribution in [-0.2, 0) is 22.6 Å². The van der Waals surface area contributed by atoms with Gasteiger partial charge in [0.05, 0.1) is 0 Å². The van der Waals surface area contributed by atoms with Gasteiger partial charge in [-0.1, -0.05) is 48.0 Å². The van der Waals surface area contributed by atoms with E-state index in [1.54, 1.807) is 4.90 Å². The molecule has 0 spiro atoms. The molecule has 2 heterocycles. The lowest BCUT2D eigenvalue weighted by Gasteiger charge is -2.30. The Morgan fingerprint density at radius 3 is 2.66 bits per heavy atom. The van der Waals surface area contributed by atoms with E-state index >= 15 is 0 Å². The van der Waals surface area contributed by atoms with Crippen LogP contribution in [0.2, 0.25) is 5.02 Å². The summed E-state index contributed by atoms with van der Waals surface area (Å²) in [7, 11) is 0. The number of likely N-dealkylation sites (tertiary alicyclic amines) is 1. The third kappa shape index (κ3) is 4.25. The lowest BCUT2D eigenvalue weighted by molar-refractivity contribution is -0.122. The highest BCUT2D eigenvalue weighted by molar-refractivity contribution is 6.31. The number of anilines is 1. The molecule has 6 heteroatoms. The van der Waals surface area contributed by atoms with Crippen molar-refractivity contribution in [2.75, 3.05) is 18.0 Å². The van der Waals surface area contributed by atoms with Crippen LogP contribution in [0.25, 0.3) is 0 Å². The number of hydrogen-bond acceptors (Lipinski definition) is 3. The third-order valence-corrected chi connectivity index (χ3v) is 6.04. The number of hydrogen-bond donors (Lipinski definition) is 0. The largest absolute Gasteiger partial charge is 0.445 e. The molecule has 5 nitrogen and oxygen atoms in total. The van der Waals surface area contributed by atoms with E-state index in [2.05, 4.69) is 0 Å². The van der Waals surface area contributed by atoms with Crippen molar-refractivity contribution in [2.24, 2.45) is 0 Å². The minimum Gasteiger partial charge on any atom is -0.445 e. The molecule has 29 heavy (non-hydrogen) atoms. The second-order valence-electron chi connectivity index (χ2n) is 7.58. The van der Waals surface area contributed by atoms with Gasteiger partial charge in [0.1, 0.15) is 12.6 Å². The van der Waals surface area contributed by atoms with E-state index in [1.807, 2.05) is 53.4 Å². The molecule has 0 radical (unpaired) electrons.